The third-order valence-electron chi connectivity index (χ3n) is 4.37. The number of hydrogen-bond acceptors (Lipinski definition) is 2. The fraction of sp³-hybridized carbons (Fsp3) is 1.00. The van der Waals surface area contributed by atoms with Crippen molar-refractivity contribution in [2.24, 2.45) is 0 Å². The van der Waals surface area contributed by atoms with Crippen molar-refractivity contribution < 1.29 is 0 Å². The van der Waals surface area contributed by atoms with Crippen molar-refractivity contribution in [3.05, 3.63) is 0 Å². The third kappa shape index (κ3) is 7.68. The van der Waals surface area contributed by atoms with Gasteiger partial charge in [0.1, 0.15) is 0 Å². The Hall–Kier alpha value is 0.310. The van der Waals surface area contributed by atoms with Gasteiger partial charge in [0.25, 0.3) is 0 Å². The lowest BCUT2D eigenvalue weighted by Gasteiger charge is -2.31. The Kier molecular flexibility index (Phi) is 10.1. The molecule has 0 amide bonds. The maximum Gasteiger partial charge on any atom is 0.00922 e. The average Bonchev–Trinajstić information content (AvgIpc) is 2.42. The van der Waals surface area contributed by atoms with Crippen LogP contribution in [0, 0.1) is 0 Å². The van der Waals surface area contributed by atoms with E-state index in [0.717, 1.165) is 11.8 Å². The summed E-state index contributed by atoms with van der Waals surface area (Å²) in [5, 5.41) is 0. The first-order valence-corrected chi connectivity index (χ1v) is 8.79. The molecule has 18 heavy (non-hydrogen) atoms. The van der Waals surface area contributed by atoms with Gasteiger partial charge in [-0.3, -0.25) is 0 Å². The smallest absolute Gasteiger partial charge is 0.00922 e. The zero-order valence-corrected chi connectivity index (χ0v) is 13.3. The summed E-state index contributed by atoms with van der Waals surface area (Å²) in [7, 11) is 2.34. The summed E-state index contributed by atoms with van der Waals surface area (Å²) >= 11 is 4.25. The van der Waals surface area contributed by atoms with Gasteiger partial charge >= 0.3 is 0 Å². The van der Waals surface area contributed by atoms with Gasteiger partial charge in [0, 0.05) is 6.04 Å². The van der Waals surface area contributed by atoms with Crippen molar-refractivity contribution >= 4 is 12.6 Å². The summed E-state index contributed by atoms with van der Waals surface area (Å²) in [4.78, 5) is 2.63. The lowest BCUT2D eigenvalue weighted by Crippen LogP contribution is -2.34. The van der Waals surface area contributed by atoms with E-state index in [1.54, 1.807) is 0 Å². The molecule has 1 nitrogen and oxygen atoms in total. The number of hydrogen-bond donors (Lipinski definition) is 1. The van der Waals surface area contributed by atoms with Gasteiger partial charge in [0.05, 0.1) is 0 Å². The Morgan fingerprint density at radius 2 is 1.39 bits per heavy atom. The monoisotopic (exact) mass is 271 g/mol. The summed E-state index contributed by atoms with van der Waals surface area (Å²) in [6.45, 7) is 1.32. The number of unbranched alkanes of at least 4 members (excludes halogenated alkanes) is 6. The van der Waals surface area contributed by atoms with Crippen LogP contribution in [-0.4, -0.2) is 30.3 Å². The Balaban J connectivity index is 1.87. The molecule has 0 heterocycles. The minimum absolute atomic E-state index is 0.897. The average molecular weight is 272 g/mol. The fourth-order valence-electron chi connectivity index (χ4n) is 3.06. The number of nitrogens with zero attached hydrogens (tertiary/aromatic N) is 1. The van der Waals surface area contributed by atoms with Crippen molar-refractivity contribution in [1.29, 1.82) is 0 Å². The van der Waals surface area contributed by atoms with Crippen LogP contribution in [-0.2, 0) is 0 Å². The third-order valence-corrected chi connectivity index (χ3v) is 4.68. The Labute approximate surface area is 120 Å². The highest BCUT2D eigenvalue weighted by molar-refractivity contribution is 7.80. The predicted octanol–water partition coefficient (Wildman–Crippen LogP) is 4.91. The molecule has 2 heteroatoms. The molecule has 0 radical (unpaired) electrons. The summed E-state index contributed by atoms with van der Waals surface area (Å²) in [6.07, 6.45) is 17.1. The van der Waals surface area contributed by atoms with Crippen molar-refractivity contribution in [2.75, 3.05) is 19.3 Å². The van der Waals surface area contributed by atoms with Gasteiger partial charge in [-0.05, 0) is 45.0 Å². The van der Waals surface area contributed by atoms with E-state index in [1.807, 2.05) is 0 Å². The van der Waals surface area contributed by atoms with Crippen LogP contribution in [0.25, 0.3) is 0 Å². The van der Waals surface area contributed by atoms with Gasteiger partial charge in [0.2, 0.25) is 0 Å². The van der Waals surface area contributed by atoms with Gasteiger partial charge in [0.15, 0.2) is 0 Å². The lowest BCUT2D eigenvalue weighted by molar-refractivity contribution is 0.188. The lowest BCUT2D eigenvalue weighted by atomic mass is 9.94. The molecule has 0 N–H and O–H groups in total. The van der Waals surface area contributed by atoms with Crippen molar-refractivity contribution in [1.82, 2.24) is 4.90 Å². The van der Waals surface area contributed by atoms with E-state index in [2.05, 4.69) is 24.6 Å². The van der Waals surface area contributed by atoms with Crippen LogP contribution in [0.4, 0.5) is 0 Å². The second-order valence-electron chi connectivity index (χ2n) is 5.97. The summed E-state index contributed by atoms with van der Waals surface area (Å²) in [6, 6.07) is 0.897. The summed E-state index contributed by atoms with van der Waals surface area (Å²) in [5.41, 5.74) is 0. The van der Waals surface area contributed by atoms with Crippen molar-refractivity contribution in [3.8, 4) is 0 Å². The highest BCUT2D eigenvalue weighted by Crippen LogP contribution is 2.21. The van der Waals surface area contributed by atoms with Crippen LogP contribution in [0.5, 0.6) is 0 Å². The molecular weight excluding hydrogens is 238 g/mol. The molecule has 0 aromatic rings. The molecule has 0 aliphatic heterocycles. The van der Waals surface area contributed by atoms with Crippen molar-refractivity contribution in [2.45, 2.75) is 83.1 Å². The van der Waals surface area contributed by atoms with Gasteiger partial charge in [-0.15, -0.1) is 0 Å². The second kappa shape index (κ2) is 11.2. The number of rotatable bonds is 10. The maximum absolute atomic E-state index is 4.25. The first-order chi connectivity index (χ1) is 8.84. The molecular formula is C16H33NS. The Bertz CT molecular complexity index is 178. The van der Waals surface area contributed by atoms with Crippen LogP contribution in [0.1, 0.15) is 77.0 Å². The summed E-state index contributed by atoms with van der Waals surface area (Å²) < 4.78 is 0. The highest BCUT2D eigenvalue weighted by atomic mass is 32.1. The van der Waals surface area contributed by atoms with Crippen LogP contribution in [0.2, 0.25) is 0 Å². The molecule has 1 aliphatic carbocycles. The number of thiol groups is 1. The summed E-state index contributed by atoms with van der Waals surface area (Å²) in [5.74, 6) is 1.06. The SMILES string of the molecule is CN(CCCCCCCCCS)C1CCCCC1. The molecule has 1 saturated carbocycles. The van der Waals surface area contributed by atoms with Crippen molar-refractivity contribution in [3.63, 3.8) is 0 Å². The molecule has 1 fully saturated rings. The van der Waals surface area contributed by atoms with E-state index in [9.17, 15) is 0 Å². The molecule has 0 bridgehead atoms. The molecule has 1 rings (SSSR count). The molecule has 1 aliphatic rings. The Morgan fingerprint density at radius 3 is 2.00 bits per heavy atom. The van der Waals surface area contributed by atoms with E-state index < -0.39 is 0 Å². The normalized spacial score (nSPS) is 17.5. The molecule has 0 unspecified atom stereocenters. The van der Waals surface area contributed by atoms with Gasteiger partial charge in [-0.1, -0.05) is 51.4 Å². The first kappa shape index (κ1) is 16.4. The van der Waals surface area contributed by atoms with Crippen LogP contribution < -0.4 is 0 Å². The Morgan fingerprint density at radius 1 is 0.833 bits per heavy atom. The second-order valence-corrected chi connectivity index (χ2v) is 6.42. The van der Waals surface area contributed by atoms with E-state index in [0.29, 0.717) is 0 Å². The maximum atomic E-state index is 4.25. The molecule has 0 aromatic heterocycles. The topological polar surface area (TPSA) is 3.24 Å². The standard InChI is InChI=1S/C16H33NS/c1-17(16-12-8-7-9-13-16)14-10-5-3-2-4-6-11-15-18/h16,18H,2-15H2,1H3. The molecule has 0 saturated heterocycles. The zero-order valence-electron chi connectivity index (χ0n) is 12.4. The molecule has 0 aromatic carbocycles. The van der Waals surface area contributed by atoms with Gasteiger partial charge in [-0.2, -0.15) is 12.6 Å². The largest absolute Gasteiger partial charge is 0.303 e. The highest BCUT2D eigenvalue weighted by Gasteiger charge is 2.16. The first-order valence-electron chi connectivity index (χ1n) is 8.15. The van der Waals surface area contributed by atoms with E-state index >= 15 is 0 Å². The minimum Gasteiger partial charge on any atom is -0.303 e. The minimum atomic E-state index is 0.897. The van der Waals surface area contributed by atoms with E-state index in [-0.39, 0.29) is 0 Å². The quantitative estimate of drug-likeness (QED) is 0.436. The van der Waals surface area contributed by atoms with Gasteiger partial charge in [-0.25, -0.2) is 0 Å². The van der Waals surface area contributed by atoms with E-state index in [1.165, 1.54) is 83.6 Å². The zero-order chi connectivity index (χ0) is 13.1. The predicted molar refractivity (Wildman–Crippen MR) is 85.7 cm³/mol. The van der Waals surface area contributed by atoms with Crippen LogP contribution >= 0.6 is 12.6 Å². The van der Waals surface area contributed by atoms with Crippen LogP contribution in [0.3, 0.4) is 0 Å². The molecule has 0 spiro atoms. The van der Waals surface area contributed by atoms with Gasteiger partial charge < -0.3 is 4.90 Å². The van der Waals surface area contributed by atoms with E-state index in [4.69, 9.17) is 0 Å². The molecule has 0 atom stereocenters. The fourth-order valence-corrected chi connectivity index (χ4v) is 3.28. The van der Waals surface area contributed by atoms with Crippen LogP contribution in [0.15, 0.2) is 0 Å². The molecule has 108 valence electrons.